The molecule has 0 bridgehead atoms. The molecule has 21 heavy (non-hydrogen) atoms. The van der Waals surface area contributed by atoms with Crippen LogP contribution in [0.3, 0.4) is 0 Å². The third kappa shape index (κ3) is 4.90. The summed E-state index contributed by atoms with van der Waals surface area (Å²) >= 11 is 5.85. The van der Waals surface area contributed by atoms with Crippen molar-refractivity contribution in [1.29, 1.82) is 0 Å². The number of carbonyl (C=O) groups is 1. The van der Waals surface area contributed by atoms with E-state index in [1.54, 1.807) is 0 Å². The molecule has 2 rings (SSSR count). The number of benzene rings is 1. The molecule has 1 unspecified atom stereocenters. The van der Waals surface area contributed by atoms with Crippen molar-refractivity contribution in [3.63, 3.8) is 0 Å². The van der Waals surface area contributed by atoms with Gasteiger partial charge in [0.25, 0.3) is 0 Å². The second-order valence-corrected chi connectivity index (χ2v) is 5.90. The first kappa shape index (κ1) is 16.1. The van der Waals surface area contributed by atoms with Crippen molar-refractivity contribution in [3.05, 3.63) is 34.9 Å². The molecule has 1 aliphatic heterocycles. The number of hydrogen-bond acceptors (Lipinski definition) is 2. The van der Waals surface area contributed by atoms with Crippen LogP contribution in [-0.4, -0.2) is 41.8 Å². The largest absolute Gasteiger partial charge is 0.396 e. The lowest BCUT2D eigenvalue weighted by atomic mass is 10.0. The first-order chi connectivity index (χ1) is 10.2. The van der Waals surface area contributed by atoms with Crippen LogP contribution < -0.4 is 5.32 Å². The molecule has 1 aromatic carbocycles. The Hall–Kier alpha value is -1.26. The van der Waals surface area contributed by atoms with E-state index in [9.17, 15) is 4.79 Å². The van der Waals surface area contributed by atoms with E-state index in [-0.39, 0.29) is 18.7 Å². The molecule has 116 valence electrons. The smallest absolute Gasteiger partial charge is 0.317 e. The van der Waals surface area contributed by atoms with Crippen LogP contribution in [0.4, 0.5) is 4.79 Å². The molecule has 0 saturated carbocycles. The van der Waals surface area contributed by atoms with Gasteiger partial charge >= 0.3 is 6.03 Å². The maximum absolute atomic E-state index is 12.2. The Morgan fingerprint density at radius 3 is 2.81 bits per heavy atom. The zero-order chi connectivity index (χ0) is 15.1. The highest BCUT2D eigenvalue weighted by molar-refractivity contribution is 6.30. The van der Waals surface area contributed by atoms with Gasteiger partial charge in [-0.25, -0.2) is 4.79 Å². The molecular weight excluding hydrogens is 288 g/mol. The van der Waals surface area contributed by atoms with E-state index >= 15 is 0 Å². The fourth-order valence-electron chi connectivity index (χ4n) is 2.78. The quantitative estimate of drug-likeness (QED) is 0.878. The molecule has 1 aliphatic rings. The summed E-state index contributed by atoms with van der Waals surface area (Å²) in [6.45, 7) is 1.54. The van der Waals surface area contributed by atoms with Crippen molar-refractivity contribution in [1.82, 2.24) is 10.2 Å². The summed E-state index contributed by atoms with van der Waals surface area (Å²) in [5.74, 6) is 0. The number of hydrogen-bond donors (Lipinski definition) is 2. The number of halogens is 1. The molecule has 1 heterocycles. The molecule has 0 radical (unpaired) electrons. The number of piperidine rings is 1. The minimum absolute atomic E-state index is 0.0119. The average molecular weight is 311 g/mol. The van der Waals surface area contributed by atoms with Crippen molar-refractivity contribution >= 4 is 17.6 Å². The highest BCUT2D eigenvalue weighted by Crippen LogP contribution is 2.19. The van der Waals surface area contributed by atoms with Crippen LogP contribution >= 0.6 is 11.6 Å². The third-order valence-corrected chi connectivity index (χ3v) is 4.21. The Bertz CT molecular complexity index is 448. The molecule has 2 N–H and O–H groups in total. The molecule has 1 fully saturated rings. The molecule has 1 aromatic rings. The molecule has 1 saturated heterocycles. The SMILES string of the molecule is O=C(NCCc1ccc(Cl)cc1)N1CCCCC1CCO. The molecule has 4 nitrogen and oxygen atoms in total. The normalized spacial score (nSPS) is 18.6. The van der Waals surface area contributed by atoms with Crippen LogP contribution in [0, 0.1) is 0 Å². The lowest BCUT2D eigenvalue weighted by Gasteiger charge is -2.35. The predicted molar refractivity (Wildman–Crippen MR) is 84.6 cm³/mol. The van der Waals surface area contributed by atoms with E-state index in [4.69, 9.17) is 16.7 Å². The second kappa shape index (κ2) is 8.25. The summed E-state index contributed by atoms with van der Waals surface area (Å²) in [5.41, 5.74) is 1.16. The molecule has 0 aromatic heterocycles. The monoisotopic (exact) mass is 310 g/mol. The Balaban J connectivity index is 1.78. The van der Waals surface area contributed by atoms with Crippen molar-refractivity contribution in [2.45, 2.75) is 38.1 Å². The topological polar surface area (TPSA) is 52.6 Å². The van der Waals surface area contributed by atoms with Gasteiger partial charge in [-0.3, -0.25) is 0 Å². The van der Waals surface area contributed by atoms with E-state index in [1.807, 2.05) is 29.2 Å². The molecule has 0 spiro atoms. The van der Waals surface area contributed by atoms with Gasteiger partial charge in [-0.2, -0.15) is 0 Å². The number of carbonyl (C=O) groups excluding carboxylic acids is 1. The predicted octanol–water partition coefficient (Wildman–Crippen LogP) is 2.83. The van der Waals surface area contributed by atoms with Crippen LogP contribution in [0.5, 0.6) is 0 Å². The Labute approximate surface area is 131 Å². The summed E-state index contributed by atoms with van der Waals surface area (Å²) in [5, 5.41) is 12.8. The van der Waals surface area contributed by atoms with E-state index in [1.165, 1.54) is 0 Å². The summed E-state index contributed by atoms with van der Waals surface area (Å²) in [6, 6.07) is 7.84. The second-order valence-electron chi connectivity index (χ2n) is 5.46. The summed E-state index contributed by atoms with van der Waals surface area (Å²) in [4.78, 5) is 14.1. The standard InChI is InChI=1S/C16H23ClN2O2/c17-14-6-4-13(5-7-14)8-10-18-16(21)19-11-2-1-3-15(19)9-12-20/h4-7,15,20H,1-3,8-12H2,(H,18,21). The van der Waals surface area contributed by atoms with Crippen molar-refractivity contribution in [2.24, 2.45) is 0 Å². The zero-order valence-corrected chi connectivity index (χ0v) is 13.0. The third-order valence-electron chi connectivity index (χ3n) is 3.95. The lowest BCUT2D eigenvalue weighted by Crippen LogP contribution is -2.49. The number of nitrogens with zero attached hydrogens (tertiary/aromatic N) is 1. The number of urea groups is 1. The maximum atomic E-state index is 12.2. The summed E-state index contributed by atoms with van der Waals surface area (Å²) < 4.78 is 0. The van der Waals surface area contributed by atoms with Crippen molar-refractivity contribution in [3.8, 4) is 0 Å². The number of nitrogens with one attached hydrogen (secondary N) is 1. The highest BCUT2D eigenvalue weighted by atomic mass is 35.5. The Morgan fingerprint density at radius 2 is 2.10 bits per heavy atom. The van der Waals surface area contributed by atoms with Crippen molar-refractivity contribution < 1.29 is 9.90 Å². The van der Waals surface area contributed by atoms with Gasteiger partial charge in [0.05, 0.1) is 0 Å². The Kier molecular flexibility index (Phi) is 6.33. The first-order valence-electron chi connectivity index (χ1n) is 7.60. The molecule has 0 aliphatic carbocycles. The van der Waals surface area contributed by atoms with Gasteiger partial charge in [-0.15, -0.1) is 0 Å². The fourth-order valence-corrected chi connectivity index (χ4v) is 2.91. The molecular formula is C16H23ClN2O2. The Morgan fingerprint density at radius 1 is 1.33 bits per heavy atom. The number of amides is 2. The minimum Gasteiger partial charge on any atom is -0.396 e. The van der Waals surface area contributed by atoms with E-state index < -0.39 is 0 Å². The number of aliphatic hydroxyl groups is 1. The van der Waals surface area contributed by atoms with Gasteiger partial charge < -0.3 is 15.3 Å². The van der Waals surface area contributed by atoms with E-state index in [0.29, 0.717) is 13.0 Å². The molecule has 1 atom stereocenters. The zero-order valence-electron chi connectivity index (χ0n) is 12.2. The summed E-state index contributed by atoms with van der Waals surface area (Å²) in [7, 11) is 0. The van der Waals surface area contributed by atoms with Crippen LogP contribution in [0.15, 0.2) is 24.3 Å². The summed E-state index contributed by atoms with van der Waals surface area (Å²) in [6.07, 6.45) is 4.64. The number of rotatable bonds is 5. The van der Waals surface area contributed by atoms with Crippen LogP contribution in [0.25, 0.3) is 0 Å². The van der Waals surface area contributed by atoms with Gasteiger partial charge in [0.2, 0.25) is 0 Å². The molecule has 5 heteroatoms. The van der Waals surface area contributed by atoms with Crippen molar-refractivity contribution in [2.75, 3.05) is 19.7 Å². The van der Waals surface area contributed by atoms with Gasteiger partial charge in [0, 0.05) is 30.8 Å². The highest BCUT2D eigenvalue weighted by Gasteiger charge is 2.25. The van der Waals surface area contributed by atoms with Crippen LogP contribution in [-0.2, 0) is 6.42 Å². The maximum Gasteiger partial charge on any atom is 0.317 e. The fraction of sp³-hybridized carbons (Fsp3) is 0.562. The van der Waals surface area contributed by atoms with Gasteiger partial charge in [-0.1, -0.05) is 23.7 Å². The lowest BCUT2D eigenvalue weighted by molar-refractivity contribution is 0.132. The minimum atomic E-state index is -0.0119. The van der Waals surface area contributed by atoms with Gasteiger partial charge in [0.15, 0.2) is 0 Å². The van der Waals surface area contributed by atoms with E-state index in [2.05, 4.69) is 5.32 Å². The molecule has 2 amide bonds. The van der Waals surface area contributed by atoms with Crippen LogP contribution in [0.1, 0.15) is 31.2 Å². The average Bonchev–Trinajstić information content (AvgIpc) is 2.50. The van der Waals surface area contributed by atoms with Crippen LogP contribution in [0.2, 0.25) is 5.02 Å². The number of likely N-dealkylation sites (tertiary alicyclic amines) is 1. The van der Waals surface area contributed by atoms with E-state index in [0.717, 1.165) is 42.8 Å². The van der Waals surface area contributed by atoms with Gasteiger partial charge in [-0.05, 0) is 49.8 Å². The van der Waals surface area contributed by atoms with Gasteiger partial charge in [0.1, 0.15) is 0 Å². The number of aliphatic hydroxyl groups excluding tert-OH is 1. The first-order valence-corrected chi connectivity index (χ1v) is 7.98.